The molecule has 0 N–H and O–H groups in total. The van der Waals surface area contributed by atoms with Gasteiger partial charge in [0.2, 0.25) is 0 Å². The molecule has 0 aliphatic carbocycles. The largest absolute Gasteiger partial charge is 0.544 e. The lowest BCUT2D eigenvalue weighted by Gasteiger charge is -2.34. The number of carboxylic acid groups (broad SMARTS) is 1. The van der Waals surface area contributed by atoms with E-state index in [2.05, 4.69) is 86.8 Å². The molecule has 0 saturated carbocycles. The molecule has 0 amide bonds. The second-order valence-electron chi connectivity index (χ2n) is 20.2. The molecule has 0 aromatic heterocycles. The van der Waals surface area contributed by atoms with Crippen LogP contribution in [0.2, 0.25) is 0 Å². The molecule has 8 heteroatoms. The molecule has 0 spiro atoms. The van der Waals surface area contributed by atoms with E-state index in [4.69, 9.17) is 14.2 Å². The van der Waals surface area contributed by atoms with E-state index in [1.54, 1.807) is 21.1 Å². The summed E-state index contributed by atoms with van der Waals surface area (Å²) in [7, 11) is 5.41. The zero-order chi connectivity index (χ0) is 50.6. The van der Waals surface area contributed by atoms with Crippen molar-refractivity contribution < 1.29 is 38.2 Å². The van der Waals surface area contributed by atoms with Gasteiger partial charge in [0.15, 0.2) is 6.10 Å². The Balaban J connectivity index is 4.23. The number of carbonyl (C=O) groups excluding carboxylic acids is 3. The summed E-state index contributed by atoms with van der Waals surface area (Å²) in [5, 5.41) is 11.7. The molecule has 398 valence electrons. The van der Waals surface area contributed by atoms with Gasteiger partial charge in [-0.15, -0.1) is 0 Å². The maximum Gasteiger partial charge on any atom is 0.306 e. The fraction of sp³-hybridized carbons (Fsp3) is 0.754. The van der Waals surface area contributed by atoms with Gasteiger partial charge in [-0.05, 0) is 64.2 Å². The summed E-state index contributed by atoms with van der Waals surface area (Å²) in [6.07, 6.45) is 66.6. The van der Waals surface area contributed by atoms with Crippen molar-refractivity contribution in [3.63, 3.8) is 0 Å². The number of carboxylic acids is 1. The number of ether oxygens (including phenoxy) is 3. The molecule has 0 rings (SSSR count). The second-order valence-corrected chi connectivity index (χ2v) is 20.2. The van der Waals surface area contributed by atoms with E-state index in [-0.39, 0.29) is 42.7 Å². The smallest absolute Gasteiger partial charge is 0.306 e. The Labute approximate surface area is 425 Å². The number of likely N-dealkylation sites (N-methyl/N-ethyl adjacent to an activating group) is 1. The third-order valence-electron chi connectivity index (χ3n) is 12.6. The number of hydrogen-bond donors (Lipinski definition) is 0. The maximum absolute atomic E-state index is 12.8. The number of unbranched alkanes of at least 4 members (excludes halogenated alkanes) is 25. The van der Waals surface area contributed by atoms with Gasteiger partial charge >= 0.3 is 11.9 Å². The van der Waals surface area contributed by atoms with Crippen LogP contribution in [-0.2, 0) is 28.6 Å². The molecule has 0 fully saturated rings. The van der Waals surface area contributed by atoms with Crippen LogP contribution >= 0.6 is 0 Å². The van der Waals surface area contributed by atoms with Crippen LogP contribution in [0.4, 0.5) is 0 Å². The van der Waals surface area contributed by atoms with E-state index in [1.165, 1.54) is 128 Å². The van der Waals surface area contributed by atoms with Crippen LogP contribution in [0.5, 0.6) is 0 Å². The first-order valence-electron chi connectivity index (χ1n) is 28.5. The summed E-state index contributed by atoms with van der Waals surface area (Å²) in [5.41, 5.74) is 0. The van der Waals surface area contributed by atoms with Gasteiger partial charge in [-0.1, -0.05) is 234 Å². The van der Waals surface area contributed by atoms with E-state index in [1.807, 2.05) is 0 Å². The zero-order valence-corrected chi connectivity index (χ0v) is 45.5. The zero-order valence-electron chi connectivity index (χ0n) is 45.5. The highest BCUT2D eigenvalue weighted by atomic mass is 16.6. The van der Waals surface area contributed by atoms with Crippen LogP contribution in [0.15, 0.2) is 72.9 Å². The van der Waals surface area contributed by atoms with Gasteiger partial charge in [-0.25, -0.2) is 0 Å². The molecule has 0 aliphatic rings. The third-order valence-corrected chi connectivity index (χ3v) is 12.6. The number of carbonyl (C=O) groups is 3. The number of esters is 2. The Bertz CT molecular complexity index is 1360. The highest BCUT2D eigenvalue weighted by Crippen LogP contribution is 2.17. The van der Waals surface area contributed by atoms with E-state index in [9.17, 15) is 19.5 Å². The summed E-state index contributed by atoms with van der Waals surface area (Å²) in [6, 6.07) is -0.734. The Morgan fingerprint density at radius 3 is 1.20 bits per heavy atom. The van der Waals surface area contributed by atoms with Crippen LogP contribution in [0.1, 0.15) is 245 Å². The molecular weight excluding hydrogens is 859 g/mol. The van der Waals surface area contributed by atoms with E-state index >= 15 is 0 Å². The van der Waals surface area contributed by atoms with E-state index in [0.717, 1.165) is 83.5 Å². The van der Waals surface area contributed by atoms with Crippen LogP contribution < -0.4 is 5.11 Å². The highest BCUT2D eigenvalue weighted by Gasteiger charge is 2.25. The number of allylic oxidation sites excluding steroid dienone is 12. The lowest BCUT2D eigenvalue weighted by molar-refractivity contribution is -0.889. The number of quaternary nitrogens is 1. The summed E-state index contributed by atoms with van der Waals surface area (Å²) >= 11 is 0. The molecule has 0 radical (unpaired) electrons. The van der Waals surface area contributed by atoms with Crippen LogP contribution in [-0.4, -0.2) is 75.5 Å². The van der Waals surface area contributed by atoms with Crippen LogP contribution in [0.25, 0.3) is 0 Å². The molecule has 0 heterocycles. The van der Waals surface area contributed by atoms with Gasteiger partial charge in [0, 0.05) is 19.3 Å². The Kier molecular flexibility index (Phi) is 48.7. The lowest BCUT2D eigenvalue weighted by atomic mass is 10.0. The molecule has 8 nitrogen and oxygen atoms in total. The van der Waals surface area contributed by atoms with Crippen LogP contribution in [0, 0.1) is 0 Å². The van der Waals surface area contributed by atoms with Crippen molar-refractivity contribution in [2.75, 3.05) is 41.0 Å². The van der Waals surface area contributed by atoms with E-state index < -0.39 is 18.1 Å². The fourth-order valence-electron chi connectivity index (χ4n) is 8.25. The molecule has 0 saturated heterocycles. The van der Waals surface area contributed by atoms with Gasteiger partial charge in [0.05, 0.1) is 40.3 Å². The van der Waals surface area contributed by atoms with Crippen molar-refractivity contribution in [3.8, 4) is 0 Å². The normalized spacial score (nSPS) is 13.3. The van der Waals surface area contributed by atoms with Crippen molar-refractivity contribution in [1.29, 1.82) is 0 Å². The molecule has 0 bridgehead atoms. The summed E-state index contributed by atoms with van der Waals surface area (Å²) < 4.78 is 17.3. The first kappa shape index (κ1) is 65.8. The quantitative estimate of drug-likeness (QED) is 0.0259. The van der Waals surface area contributed by atoms with Crippen molar-refractivity contribution in [3.05, 3.63) is 72.9 Å². The number of rotatable bonds is 51. The predicted molar refractivity (Wildman–Crippen MR) is 291 cm³/mol. The Morgan fingerprint density at radius 1 is 0.449 bits per heavy atom. The first-order chi connectivity index (χ1) is 33.6. The van der Waals surface area contributed by atoms with Crippen molar-refractivity contribution in [1.82, 2.24) is 0 Å². The maximum atomic E-state index is 12.8. The minimum absolute atomic E-state index is 0.0291. The van der Waals surface area contributed by atoms with Gasteiger partial charge < -0.3 is 28.6 Å². The number of hydrogen-bond acceptors (Lipinski definition) is 7. The molecule has 0 aromatic carbocycles. The lowest BCUT2D eigenvalue weighted by Crippen LogP contribution is -2.55. The van der Waals surface area contributed by atoms with Crippen LogP contribution in [0.3, 0.4) is 0 Å². The first-order valence-corrected chi connectivity index (χ1v) is 28.5. The Hall–Kier alpha value is -3.23. The molecule has 2 unspecified atom stereocenters. The van der Waals surface area contributed by atoms with Gasteiger partial charge in [0.25, 0.3) is 0 Å². The minimum atomic E-state index is -1.13. The Morgan fingerprint density at radius 2 is 0.812 bits per heavy atom. The molecule has 69 heavy (non-hydrogen) atoms. The topological polar surface area (TPSA) is 102 Å². The van der Waals surface area contributed by atoms with Crippen molar-refractivity contribution in [2.45, 2.75) is 257 Å². The minimum Gasteiger partial charge on any atom is -0.544 e. The van der Waals surface area contributed by atoms with Gasteiger partial charge in [-0.3, -0.25) is 9.59 Å². The average molecular weight is 967 g/mol. The molecule has 0 aromatic rings. The standard InChI is InChI=1S/C61H107NO7/c1-6-8-10-12-14-16-18-20-22-24-26-28-30-32-34-36-38-40-42-44-46-48-50-52-60(64)69-57(55-67-54-53-58(61(65)66)62(3,4)5)56-68-59(63)51-49-47-45-43-41-39-37-35-33-31-29-27-25-23-21-19-17-15-13-11-9-7-2/h9,11,15,17,21,23,27,29,33,35,39,41,57-58H,6-8,10,12-14,16,18-20,22,24-26,28,30-32,34,36-38,40,42-56H2,1-5H3/b11-9+,17-15+,23-21+,29-27+,35-33+,41-39+. The van der Waals surface area contributed by atoms with Gasteiger partial charge in [-0.2, -0.15) is 0 Å². The summed E-state index contributed by atoms with van der Waals surface area (Å²) in [4.78, 5) is 37.1. The summed E-state index contributed by atoms with van der Waals surface area (Å²) in [6.45, 7) is 4.55. The molecular formula is C61H107NO7. The monoisotopic (exact) mass is 966 g/mol. The number of nitrogens with zero attached hydrogens (tertiary/aromatic N) is 1. The summed E-state index contributed by atoms with van der Waals surface area (Å²) in [5.74, 6) is -1.77. The fourth-order valence-corrected chi connectivity index (χ4v) is 8.25. The van der Waals surface area contributed by atoms with Gasteiger partial charge in [0.1, 0.15) is 12.6 Å². The second kappa shape index (κ2) is 51.1. The SMILES string of the molecule is CC/C=C/C/C=C/C/C=C/C/C=C/C/C=C/C/C=C/CCCCCC(=O)OCC(COCCC(C(=O)[O-])[N+](C)(C)C)OC(=O)CCCCCCCCCCCCCCCCCCCCCCCCC. The predicted octanol–water partition coefficient (Wildman–Crippen LogP) is 15.7. The van der Waals surface area contributed by atoms with E-state index in [0.29, 0.717) is 12.8 Å². The highest BCUT2D eigenvalue weighted by molar-refractivity contribution is 5.70. The van der Waals surface area contributed by atoms with Crippen molar-refractivity contribution >= 4 is 17.9 Å². The molecule has 2 atom stereocenters. The molecule has 0 aliphatic heterocycles. The average Bonchev–Trinajstić information content (AvgIpc) is 3.31. The third kappa shape index (κ3) is 49.5. The number of aliphatic carboxylic acids is 1. The van der Waals surface area contributed by atoms with Crippen molar-refractivity contribution in [2.24, 2.45) is 0 Å².